The van der Waals surface area contributed by atoms with Crippen molar-refractivity contribution in [2.45, 2.75) is 39.3 Å². The van der Waals surface area contributed by atoms with Crippen LogP contribution in [0.25, 0.3) is 11.4 Å². The van der Waals surface area contributed by atoms with E-state index in [0.29, 0.717) is 36.7 Å². The van der Waals surface area contributed by atoms with Gasteiger partial charge in [0.05, 0.1) is 0 Å². The van der Waals surface area contributed by atoms with E-state index in [2.05, 4.69) is 22.3 Å². The molecule has 0 bridgehead atoms. The van der Waals surface area contributed by atoms with Crippen molar-refractivity contribution >= 4 is 5.91 Å². The second kappa shape index (κ2) is 6.95. The van der Waals surface area contributed by atoms with Crippen LogP contribution in [0.5, 0.6) is 0 Å². The van der Waals surface area contributed by atoms with E-state index in [-0.39, 0.29) is 17.8 Å². The molecule has 1 unspecified atom stereocenters. The standard InChI is InChI=1S/C21H20FN3O2/c1-13-6-7-16(14(2)10-13)12-25-18(8-9-19(25)26)21-23-20(24-27-21)15-4-3-5-17(22)11-15/h3-7,10-11,18H,8-9,12H2,1-2H3. The van der Waals surface area contributed by atoms with Crippen molar-refractivity contribution in [3.8, 4) is 11.4 Å². The Morgan fingerprint density at radius 1 is 1.22 bits per heavy atom. The molecule has 1 aromatic heterocycles. The Balaban J connectivity index is 1.60. The molecule has 3 aromatic rings. The number of hydrogen-bond acceptors (Lipinski definition) is 4. The highest BCUT2D eigenvalue weighted by atomic mass is 19.1. The molecule has 1 fully saturated rings. The summed E-state index contributed by atoms with van der Waals surface area (Å²) in [6.07, 6.45) is 1.09. The third kappa shape index (κ3) is 3.47. The molecule has 1 aliphatic rings. The van der Waals surface area contributed by atoms with Crippen LogP contribution in [0.15, 0.2) is 47.0 Å². The molecule has 0 aliphatic carbocycles. The Hall–Kier alpha value is -3.02. The number of carbonyl (C=O) groups is 1. The van der Waals surface area contributed by atoms with Crippen molar-refractivity contribution in [2.75, 3.05) is 0 Å². The lowest BCUT2D eigenvalue weighted by atomic mass is 10.0. The summed E-state index contributed by atoms with van der Waals surface area (Å²) in [6, 6.07) is 12.0. The van der Waals surface area contributed by atoms with E-state index in [0.717, 1.165) is 11.1 Å². The summed E-state index contributed by atoms with van der Waals surface area (Å²) in [5.74, 6) is 0.442. The summed E-state index contributed by atoms with van der Waals surface area (Å²) >= 11 is 0. The minimum Gasteiger partial charge on any atom is -0.337 e. The van der Waals surface area contributed by atoms with Crippen molar-refractivity contribution in [3.63, 3.8) is 0 Å². The molecule has 5 nitrogen and oxygen atoms in total. The van der Waals surface area contributed by atoms with Crippen molar-refractivity contribution in [3.05, 3.63) is 70.9 Å². The molecule has 138 valence electrons. The number of carbonyl (C=O) groups excluding carboxylic acids is 1. The maximum Gasteiger partial charge on any atom is 0.249 e. The molecule has 1 amide bonds. The van der Waals surface area contributed by atoms with Crippen LogP contribution in [0.1, 0.15) is 41.5 Å². The number of nitrogens with zero attached hydrogens (tertiary/aromatic N) is 3. The lowest BCUT2D eigenvalue weighted by Crippen LogP contribution is -2.27. The molecule has 27 heavy (non-hydrogen) atoms. The average Bonchev–Trinajstić information content (AvgIpc) is 3.25. The minimum atomic E-state index is -0.355. The van der Waals surface area contributed by atoms with E-state index in [9.17, 15) is 9.18 Å². The zero-order chi connectivity index (χ0) is 19.0. The van der Waals surface area contributed by atoms with E-state index in [1.807, 2.05) is 19.9 Å². The first-order valence-electron chi connectivity index (χ1n) is 8.96. The first-order chi connectivity index (χ1) is 13.0. The number of aryl methyl sites for hydroxylation is 2. The van der Waals surface area contributed by atoms with Gasteiger partial charge in [-0.2, -0.15) is 4.98 Å². The molecule has 0 spiro atoms. The normalized spacial score (nSPS) is 16.9. The van der Waals surface area contributed by atoms with Gasteiger partial charge in [-0.3, -0.25) is 4.79 Å². The largest absolute Gasteiger partial charge is 0.337 e. The zero-order valence-electron chi connectivity index (χ0n) is 15.3. The Labute approximate surface area is 156 Å². The van der Waals surface area contributed by atoms with Gasteiger partial charge in [-0.05, 0) is 43.5 Å². The van der Waals surface area contributed by atoms with Crippen LogP contribution in [0.3, 0.4) is 0 Å². The predicted octanol–water partition coefficient (Wildman–Crippen LogP) is 4.36. The Morgan fingerprint density at radius 2 is 2.07 bits per heavy atom. The number of aromatic nitrogens is 2. The molecule has 2 heterocycles. The first kappa shape index (κ1) is 17.4. The fourth-order valence-electron chi connectivity index (χ4n) is 3.51. The fraction of sp³-hybridized carbons (Fsp3) is 0.286. The summed E-state index contributed by atoms with van der Waals surface area (Å²) in [7, 11) is 0. The van der Waals surface area contributed by atoms with Gasteiger partial charge in [0.2, 0.25) is 17.6 Å². The van der Waals surface area contributed by atoms with Crippen molar-refractivity contribution in [1.82, 2.24) is 15.0 Å². The summed E-state index contributed by atoms with van der Waals surface area (Å²) in [5, 5.41) is 3.98. The summed E-state index contributed by atoms with van der Waals surface area (Å²) in [6.45, 7) is 4.60. The van der Waals surface area contributed by atoms with Crippen LogP contribution >= 0.6 is 0 Å². The summed E-state index contributed by atoms with van der Waals surface area (Å²) < 4.78 is 18.9. The van der Waals surface area contributed by atoms with Gasteiger partial charge >= 0.3 is 0 Å². The second-order valence-electron chi connectivity index (χ2n) is 6.97. The number of likely N-dealkylation sites (tertiary alicyclic amines) is 1. The van der Waals surface area contributed by atoms with Crippen LogP contribution < -0.4 is 0 Å². The maximum atomic E-state index is 13.4. The van der Waals surface area contributed by atoms with Crippen molar-refractivity contribution in [2.24, 2.45) is 0 Å². The number of halogens is 1. The highest BCUT2D eigenvalue weighted by Gasteiger charge is 2.36. The van der Waals surface area contributed by atoms with Crippen LogP contribution in [-0.4, -0.2) is 20.9 Å². The van der Waals surface area contributed by atoms with E-state index in [1.165, 1.54) is 17.7 Å². The van der Waals surface area contributed by atoms with Crippen molar-refractivity contribution in [1.29, 1.82) is 0 Å². The molecular weight excluding hydrogens is 345 g/mol. The molecule has 2 aromatic carbocycles. The third-order valence-corrected chi connectivity index (χ3v) is 4.98. The molecule has 1 saturated heterocycles. The summed E-state index contributed by atoms with van der Waals surface area (Å²) in [5.41, 5.74) is 4.00. The van der Waals surface area contributed by atoms with Crippen LogP contribution in [0, 0.1) is 19.7 Å². The van der Waals surface area contributed by atoms with Crippen molar-refractivity contribution < 1.29 is 13.7 Å². The summed E-state index contributed by atoms with van der Waals surface area (Å²) in [4.78, 5) is 18.7. The lowest BCUT2D eigenvalue weighted by Gasteiger charge is -2.23. The zero-order valence-corrected chi connectivity index (χ0v) is 15.3. The highest BCUT2D eigenvalue weighted by Crippen LogP contribution is 2.34. The third-order valence-electron chi connectivity index (χ3n) is 4.98. The maximum absolute atomic E-state index is 13.4. The quantitative estimate of drug-likeness (QED) is 0.689. The van der Waals surface area contributed by atoms with E-state index in [4.69, 9.17) is 4.52 Å². The topological polar surface area (TPSA) is 59.2 Å². The lowest BCUT2D eigenvalue weighted by molar-refractivity contribution is -0.130. The first-order valence-corrected chi connectivity index (χ1v) is 8.96. The SMILES string of the molecule is Cc1ccc(CN2C(=O)CCC2c2nc(-c3cccc(F)c3)no2)c(C)c1. The highest BCUT2D eigenvalue weighted by molar-refractivity contribution is 5.79. The predicted molar refractivity (Wildman–Crippen MR) is 98.1 cm³/mol. The Kier molecular flexibility index (Phi) is 4.48. The fourth-order valence-corrected chi connectivity index (χ4v) is 3.51. The molecule has 1 aliphatic heterocycles. The molecule has 1 atom stereocenters. The van der Waals surface area contributed by atoms with Crippen LogP contribution in [-0.2, 0) is 11.3 Å². The molecule has 0 radical (unpaired) electrons. The molecule has 0 saturated carbocycles. The van der Waals surface area contributed by atoms with Gasteiger partial charge in [0.15, 0.2) is 0 Å². The monoisotopic (exact) mass is 365 g/mol. The number of hydrogen-bond donors (Lipinski definition) is 0. The smallest absolute Gasteiger partial charge is 0.249 e. The van der Waals surface area contributed by atoms with E-state index >= 15 is 0 Å². The van der Waals surface area contributed by atoms with Gasteiger partial charge in [0, 0.05) is 18.5 Å². The average molecular weight is 365 g/mol. The Bertz CT molecular complexity index is 999. The van der Waals surface area contributed by atoms with Crippen LogP contribution in [0.4, 0.5) is 4.39 Å². The molecule has 4 rings (SSSR count). The second-order valence-corrected chi connectivity index (χ2v) is 6.97. The number of rotatable bonds is 4. The van der Waals surface area contributed by atoms with E-state index < -0.39 is 0 Å². The van der Waals surface area contributed by atoms with Gasteiger partial charge in [0.25, 0.3) is 0 Å². The molecule has 0 N–H and O–H groups in total. The Morgan fingerprint density at radius 3 is 2.85 bits per heavy atom. The van der Waals surface area contributed by atoms with E-state index in [1.54, 1.807) is 17.0 Å². The number of amides is 1. The van der Waals surface area contributed by atoms with Gasteiger partial charge in [-0.15, -0.1) is 0 Å². The van der Waals surface area contributed by atoms with Crippen LogP contribution in [0.2, 0.25) is 0 Å². The molecule has 6 heteroatoms. The number of benzene rings is 2. The minimum absolute atomic E-state index is 0.0745. The van der Waals surface area contributed by atoms with Gasteiger partial charge in [0.1, 0.15) is 11.9 Å². The molecular formula is C21H20FN3O2. The van der Waals surface area contributed by atoms with Gasteiger partial charge < -0.3 is 9.42 Å². The van der Waals surface area contributed by atoms with Gasteiger partial charge in [-0.1, -0.05) is 41.1 Å². The van der Waals surface area contributed by atoms with Gasteiger partial charge in [-0.25, -0.2) is 4.39 Å².